The maximum absolute atomic E-state index is 10.8. The summed E-state index contributed by atoms with van der Waals surface area (Å²) in [4.78, 5) is 17.0. The average molecular weight is 296 g/mol. The lowest BCUT2D eigenvalue weighted by Crippen LogP contribution is -2.11. The third-order valence-electron chi connectivity index (χ3n) is 3.25. The quantitative estimate of drug-likeness (QED) is 0.890. The summed E-state index contributed by atoms with van der Waals surface area (Å²) in [5, 5.41) is 8.84. The highest BCUT2D eigenvalue weighted by Crippen LogP contribution is 2.23. The van der Waals surface area contributed by atoms with Gasteiger partial charge in [-0.3, -0.25) is 9.78 Å². The van der Waals surface area contributed by atoms with Gasteiger partial charge >= 0.3 is 5.97 Å². The molecule has 4 nitrogen and oxygen atoms in total. The first kappa shape index (κ1) is 15.9. The molecule has 22 heavy (non-hydrogen) atoms. The smallest absolute Gasteiger partial charge is 0.307 e. The van der Waals surface area contributed by atoms with Gasteiger partial charge in [-0.2, -0.15) is 0 Å². The van der Waals surface area contributed by atoms with Crippen LogP contribution in [-0.4, -0.2) is 41.6 Å². The molecular formula is C18H20N2O2. The number of carboxylic acids is 1. The van der Waals surface area contributed by atoms with Crippen LogP contribution in [-0.2, 0) is 11.2 Å². The fourth-order valence-electron chi connectivity index (χ4n) is 2.18. The van der Waals surface area contributed by atoms with Crippen LogP contribution in [0.1, 0.15) is 16.7 Å². The number of aliphatic carboxylic acids is 1. The van der Waals surface area contributed by atoms with Gasteiger partial charge in [0.25, 0.3) is 0 Å². The number of aromatic nitrogens is 1. The van der Waals surface area contributed by atoms with Crippen molar-refractivity contribution in [3.63, 3.8) is 0 Å². The first-order chi connectivity index (χ1) is 10.6. The highest BCUT2D eigenvalue weighted by molar-refractivity contribution is 5.80. The molecular weight excluding hydrogens is 276 g/mol. The molecule has 0 atom stereocenters. The number of hydrogen-bond donors (Lipinski definition) is 1. The molecule has 2 aromatic rings. The van der Waals surface area contributed by atoms with Crippen molar-refractivity contribution in [1.82, 2.24) is 9.88 Å². The zero-order valence-electron chi connectivity index (χ0n) is 12.9. The van der Waals surface area contributed by atoms with Crippen molar-refractivity contribution in [3.8, 4) is 0 Å². The van der Waals surface area contributed by atoms with Crippen LogP contribution < -0.4 is 0 Å². The molecule has 0 amide bonds. The molecule has 0 radical (unpaired) electrons. The lowest BCUT2D eigenvalue weighted by Gasteiger charge is -2.12. The first-order valence-electron chi connectivity index (χ1n) is 7.12. The Labute approximate surface area is 130 Å². The van der Waals surface area contributed by atoms with E-state index in [2.05, 4.69) is 16.0 Å². The minimum absolute atomic E-state index is 0.0456. The number of benzene rings is 1. The van der Waals surface area contributed by atoms with Gasteiger partial charge < -0.3 is 10.0 Å². The number of rotatable bonds is 6. The van der Waals surface area contributed by atoms with E-state index in [0.29, 0.717) is 0 Å². The van der Waals surface area contributed by atoms with Crippen molar-refractivity contribution >= 4 is 11.5 Å². The molecule has 0 bridgehead atoms. The van der Waals surface area contributed by atoms with Crippen LogP contribution in [0.5, 0.6) is 0 Å². The predicted molar refractivity (Wildman–Crippen MR) is 87.7 cm³/mol. The highest BCUT2D eigenvalue weighted by atomic mass is 16.4. The van der Waals surface area contributed by atoms with Gasteiger partial charge in [0.1, 0.15) is 0 Å². The Hall–Kier alpha value is -2.46. The van der Waals surface area contributed by atoms with Crippen LogP contribution in [0.15, 0.2) is 54.9 Å². The number of nitrogens with zero attached hydrogens (tertiary/aromatic N) is 2. The molecule has 0 fully saturated rings. The van der Waals surface area contributed by atoms with Crippen LogP contribution in [0, 0.1) is 0 Å². The van der Waals surface area contributed by atoms with Crippen molar-refractivity contribution < 1.29 is 9.90 Å². The molecule has 1 N–H and O–H groups in total. The SMILES string of the molecule is CN(C)C/C=C(\c1ccc(CC(=O)O)cc1)c1cccnc1. The number of carbonyl (C=O) groups is 1. The van der Waals surface area contributed by atoms with Crippen LogP contribution in [0.3, 0.4) is 0 Å². The monoisotopic (exact) mass is 296 g/mol. The molecule has 1 aromatic heterocycles. The molecule has 0 saturated carbocycles. The van der Waals surface area contributed by atoms with E-state index in [4.69, 9.17) is 5.11 Å². The Bertz CT molecular complexity index is 647. The van der Waals surface area contributed by atoms with Gasteiger partial charge in [-0.15, -0.1) is 0 Å². The maximum Gasteiger partial charge on any atom is 0.307 e. The second kappa shape index (κ2) is 7.52. The molecule has 1 heterocycles. The Morgan fingerprint density at radius 3 is 2.45 bits per heavy atom. The zero-order valence-corrected chi connectivity index (χ0v) is 12.9. The van der Waals surface area contributed by atoms with E-state index in [1.54, 1.807) is 6.20 Å². The van der Waals surface area contributed by atoms with Gasteiger partial charge in [0.2, 0.25) is 0 Å². The largest absolute Gasteiger partial charge is 0.481 e. The lowest BCUT2D eigenvalue weighted by atomic mass is 9.97. The molecule has 0 spiro atoms. The minimum Gasteiger partial charge on any atom is -0.481 e. The second-order valence-electron chi connectivity index (χ2n) is 5.39. The van der Waals surface area contributed by atoms with E-state index < -0.39 is 5.97 Å². The standard InChI is InChI=1S/C18H20N2O2/c1-20(2)11-9-17(16-4-3-10-19-13-16)15-7-5-14(6-8-15)12-18(21)22/h3-10,13H,11-12H2,1-2H3,(H,21,22)/b17-9+. The van der Waals surface area contributed by atoms with E-state index in [1.807, 2.05) is 56.7 Å². The van der Waals surface area contributed by atoms with Gasteiger partial charge in [-0.05, 0) is 36.9 Å². The van der Waals surface area contributed by atoms with Crippen molar-refractivity contribution in [2.45, 2.75) is 6.42 Å². The summed E-state index contributed by atoms with van der Waals surface area (Å²) in [6.45, 7) is 0.821. The molecule has 0 aliphatic heterocycles. The molecule has 1 aromatic carbocycles. The van der Waals surface area contributed by atoms with Crippen molar-refractivity contribution in [3.05, 3.63) is 71.6 Å². The number of hydrogen-bond acceptors (Lipinski definition) is 3. The number of likely N-dealkylation sites (N-methyl/N-ethyl adjacent to an activating group) is 1. The topological polar surface area (TPSA) is 53.4 Å². The van der Waals surface area contributed by atoms with Gasteiger partial charge in [0.15, 0.2) is 0 Å². The summed E-state index contributed by atoms with van der Waals surface area (Å²) in [6.07, 6.45) is 5.79. The zero-order chi connectivity index (χ0) is 15.9. The van der Waals surface area contributed by atoms with E-state index in [1.165, 1.54) is 0 Å². The van der Waals surface area contributed by atoms with E-state index >= 15 is 0 Å². The second-order valence-corrected chi connectivity index (χ2v) is 5.39. The fraction of sp³-hybridized carbons (Fsp3) is 0.222. The van der Waals surface area contributed by atoms with Gasteiger partial charge in [-0.1, -0.05) is 36.4 Å². The van der Waals surface area contributed by atoms with Crippen LogP contribution in [0.2, 0.25) is 0 Å². The highest BCUT2D eigenvalue weighted by Gasteiger charge is 2.07. The summed E-state index contributed by atoms with van der Waals surface area (Å²) in [6, 6.07) is 11.6. The Kier molecular flexibility index (Phi) is 5.44. The predicted octanol–water partition coefficient (Wildman–Crippen LogP) is 2.70. The molecule has 114 valence electrons. The Balaban J connectivity index is 2.33. The first-order valence-corrected chi connectivity index (χ1v) is 7.12. The molecule has 0 aliphatic carbocycles. The average Bonchev–Trinajstić information content (AvgIpc) is 2.49. The third kappa shape index (κ3) is 4.53. The van der Waals surface area contributed by atoms with Gasteiger partial charge in [0, 0.05) is 24.5 Å². The molecule has 4 heteroatoms. The summed E-state index contributed by atoms with van der Waals surface area (Å²) in [5.74, 6) is -0.816. The number of pyridine rings is 1. The Morgan fingerprint density at radius 1 is 1.18 bits per heavy atom. The summed E-state index contributed by atoms with van der Waals surface area (Å²) < 4.78 is 0. The normalized spacial score (nSPS) is 11.7. The van der Waals surface area contributed by atoms with Crippen molar-refractivity contribution in [1.29, 1.82) is 0 Å². The summed E-state index contributed by atoms with van der Waals surface area (Å²) in [5.41, 5.74) is 4.01. The van der Waals surface area contributed by atoms with Crippen LogP contribution in [0.25, 0.3) is 5.57 Å². The van der Waals surface area contributed by atoms with Gasteiger partial charge in [-0.25, -0.2) is 0 Å². The van der Waals surface area contributed by atoms with Crippen molar-refractivity contribution in [2.24, 2.45) is 0 Å². The van der Waals surface area contributed by atoms with Crippen LogP contribution in [0.4, 0.5) is 0 Å². The minimum atomic E-state index is -0.816. The van der Waals surface area contributed by atoms with Gasteiger partial charge in [0.05, 0.1) is 6.42 Å². The van der Waals surface area contributed by atoms with E-state index in [-0.39, 0.29) is 6.42 Å². The molecule has 0 unspecified atom stereocenters. The molecule has 2 rings (SSSR count). The van der Waals surface area contributed by atoms with Crippen molar-refractivity contribution in [2.75, 3.05) is 20.6 Å². The third-order valence-corrected chi connectivity index (χ3v) is 3.25. The maximum atomic E-state index is 10.8. The fourth-order valence-corrected chi connectivity index (χ4v) is 2.18. The summed E-state index contributed by atoms with van der Waals surface area (Å²) in [7, 11) is 4.04. The summed E-state index contributed by atoms with van der Waals surface area (Å²) >= 11 is 0. The van der Waals surface area contributed by atoms with E-state index in [9.17, 15) is 4.79 Å². The number of carboxylic acid groups (broad SMARTS) is 1. The molecule has 0 saturated heterocycles. The van der Waals surface area contributed by atoms with Crippen LogP contribution >= 0.6 is 0 Å². The molecule has 0 aliphatic rings. The van der Waals surface area contributed by atoms with E-state index in [0.717, 1.165) is 28.8 Å². The lowest BCUT2D eigenvalue weighted by molar-refractivity contribution is -0.136. The Morgan fingerprint density at radius 2 is 1.91 bits per heavy atom.